The van der Waals surface area contributed by atoms with Crippen molar-refractivity contribution >= 4 is 63.0 Å². The van der Waals surface area contributed by atoms with Crippen LogP contribution in [0.3, 0.4) is 0 Å². The maximum atomic E-state index is 13.6. The molecule has 0 aliphatic carbocycles. The molecule has 9 heteroatoms. The molecule has 0 aromatic heterocycles. The van der Waals surface area contributed by atoms with Crippen LogP contribution in [0.2, 0.25) is 0 Å². The summed E-state index contributed by atoms with van der Waals surface area (Å²) < 4.78 is 13.6. The molecule has 0 bridgehead atoms. The first-order valence-corrected chi connectivity index (χ1v) is 12.3. The zero-order valence-corrected chi connectivity index (χ0v) is 20.8. The number of thioether (sulfide) groups is 1. The van der Waals surface area contributed by atoms with E-state index in [-0.39, 0.29) is 35.3 Å². The van der Waals surface area contributed by atoms with Crippen LogP contribution < -0.4 is 10.2 Å². The Bertz CT molecular complexity index is 1450. The number of benzene rings is 3. The van der Waals surface area contributed by atoms with Gasteiger partial charge in [-0.3, -0.25) is 24.2 Å². The van der Waals surface area contributed by atoms with Gasteiger partial charge in [-0.05, 0) is 42.3 Å². The summed E-state index contributed by atoms with van der Waals surface area (Å²) in [5.41, 5.74) is 3.66. The molecule has 1 fully saturated rings. The number of anilines is 2. The van der Waals surface area contributed by atoms with Crippen LogP contribution in [0.4, 0.5) is 15.8 Å². The maximum Gasteiger partial charge on any atom is 0.267 e. The highest BCUT2D eigenvalue weighted by Gasteiger charge is 2.42. The Balaban J connectivity index is 1.43. The third kappa shape index (κ3) is 4.43. The van der Waals surface area contributed by atoms with Gasteiger partial charge in [-0.25, -0.2) is 4.39 Å². The predicted molar refractivity (Wildman–Crippen MR) is 143 cm³/mol. The van der Waals surface area contributed by atoms with Crippen molar-refractivity contribution in [2.75, 3.05) is 16.8 Å². The van der Waals surface area contributed by atoms with E-state index >= 15 is 0 Å². The van der Waals surface area contributed by atoms with E-state index in [1.54, 1.807) is 42.5 Å². The van der Waals surface area contributed by atoms with E-state index in [4.69, 9.17) is 12.2 Å². The van der Waals surface area contributed by atoms with Crippen LogP contribution in [0.5, 0.6) is 0 Å². The fourth-order valence-corrected chi connectivity index (χ4v) is 5.49. The zero-order valence-electron chi connectivity index (χ0n) is 19.2. The number of halogens is 1. The minimum atomic E-state index is -0.432. The lowest BCUT2D eigenvalue weighted by Gasteiger charge is -2.17. The molecular weight excluding hydrogens is 497 g/mol. The lowest BCUT2D eigenvalue weighted by molar-refractivity contribution is -0.122. The molecule has 2 aliphatic rings. The molecule has 36 heavy (non-hydrogen) atoms. The second-order valence-corrected chi connectivity index (χ2v) is 10.0. The normalized spacial score (nSPS) is 17.1. The highest BCUT2D eigenvalue weighted by Crippen LogP contribution is 2.44. The summed E-state index contributed by atoms with van der Waals surface area (Å²) in [5.74, 6) is -1.54. The number of thiocarbonyl (C=S) groups is 1. The molecule has 3 aromatic carbocycles. The van der Waals surface area contributed by atoms with Gasteiger partial charge in [-0.2, -0.15) is 0 Å². The molecule has 3 aromatic rings. The molecular formula is C27H20FN3O3S2. The fourth-order valence-electron chi connectivity index (χ4n) is 4.16. The van der Waals surface area contributed by atoms with E-state index in [1.165, 1.54) is 21.9 Å². The molecule has 180 valence electrons. The number of hydrogen-bond acceptors (Lipinski definition) is 5. The van der Waals surface area contributed by atoms with Crippen LogP contribution in [0, 0.1) is 12.7 Å². The van der Waals surface area contributed by atoms with Crippen LogP contribution in [0.15, 0.2) is 77.7 Å². The van der Waals surface area contributed by atoms with Gasteiger partial charge in [0.1, 0.15) is 16.7 Å². The highest BCUT2D eigenvalue weighted by atomic mass is 32.2. The molecule has 3 amide bonds. The van der Waals surface area contributed by atoms with E-state index in [1.807, 2.05) is 25.1 Å². The second-order valence-electron chi connectivity index (χ2n) is 8.36. The third-order valence-electron chi connectivity index (χ3n) is 5.97. The number of hydrogen-bond donors (Lipinski definition) is 1. The van der Waals surface area contributed by atoms with E-state index in [9.17, 15) is 18.8 Å². The van der Waals surface area contributed by atoms with Crippen molar-refractivity contribution in [3.63, 3.8) is 0 Å². The van der Waals surface area contributed by atoms with Crippen LogP contribution in [0.1, 0.15) is 16.7 Å². The SMILES string of the molecule is Cc1ccccc1NC(=O)CN1C(=O)C(=C2SC(=S)N(Cc3ccc(F)cc3)C2=O)c2ccccc21. The summed E-state index contributed by atoms with van der Waals surface area (Å²) in [6.45, 7) is 1.85. The van der Waals surface area contributed by atoms with Gasteiger partial charge < -0.3 is 5.32 Å². The first kappa shape index (κ1) is 23.9. The summed E-state index contributed by atoms with van der Waals surface area (Å²) in [6, 6.07) is 20.3. The molecule has 2 aliphatic heterocycles. The van der Waals surface area contributed by atoms with Gasteiger partial charge >= 0.3 is 0 Å². The lowest BCUT2D eigenvalue weighted by Crippen LogP contribution is -2.35. The van der Waals surface area contributed by atoms with Gasteiger partial charge in [-0.1, -0.05) is 72.5 Å². The van der Waals surface area contributed by atoms with Crippen molar-refractivity contribution in [3.8, 4) is 0 Å². The summed E-state index contributed by atoms with van der Waals surface area (Å²) in [4.78, 5) is 42.8. The number of carbonyl (C=O) groups excluding carboxylic acids is 3. The third-order valence-corrected chi connectivity index (χ3v) is 7.42. The average Bonchev–Trinajstić information content (AvgIpc) is 3.29. The molecule has 2 heterocycles. The average molecular weight is 518 g/mol. The topological polar surface area (TPSA) is 69.7 Å². The molecule has 0 unspecified atom stereocenters. The Morgan fingerprint density at radius 1 is 0.944 bits per heavy atom. The Labute approximate surface area is 216 Å². The smallest absolute Gasteiger partial charge is 0.267 e. The fraction of sp³-hybridized carbons (Fsp3) is 0.111. The molecule has 1 saturated heterocycles. The first-order chi connectivity index (χ1) is 17.3. The van der Waals surface area contributed by atoms with Crippen molar-refractivity contribution in [1.82, 2.24) is 4.90 Å². The monoisotopic (exact) mass is 517 g/mol. The number of para-hydroxylation sites is 2. The van der Waals surface area contributed by atoms with Gasteiger partial charge in [0.2, 0.25) is 5.91 Å². The molecule has 0 radical (unpaired) electrons. The second kappa shape index (κ2) is 9.67. The summed E-state index contributed by atoms with van der Waals surface area (Å²) >= 11 is 6.51. The standard InChI is InChI=1S/C27H20FN3O3S2/c1-16-6-2-4-8-20(16)29-22(32)15-30-21-9-5-3-7-19(21)23(25(30)33)24-26(34)31(27(35)36-24)14-17-10-12-18(28)13-11-17/h2-13H,14-15H2,1H3,(H,29,32). The minimum absolute atomic E-state index is 0.167. The number of nitrogens with zero attached hydrogens (tertiary/aromatic N) is 2. The summed E-state index contributed by atoms with van der Waals surface area (Å²) in [5, 5.41) is 2.85. The van der Waals surface area contributed by atoms with Gasteiger partial charge in [0.05, 0.1) is 22.7 Å². The van der Waals surface area contributed by atoms with Crippen molar-refractivity contribution < 1.29 is 18.8 Å². The zero-order chi connectivity index (χ0) is 25.4. The van der Waals surface area contributed by atoms with Crippen LogP contribution in [-0.2, 0) is 20.9 Å². The van der Waals surface area contributed by atoms with Gasteiger partial charge in [0.15, 0.2) is 0 Å². The molecule has 0 saturated carbocycles. The Hall–Kier alpha value is -3.82. The predicted octanol–water partition coefficient (Wildman–Crippen LogP) is 4.89. The van der Waals surface area contributed by atoms with Crippen molar-refractivity contribution in [1.29, 1.82) is 0 Å². The minimum Gasteiger partial charge on any atom is -0.324 e. The van der Waals surface area contributed by atoms with Crippen LogP contribution in [-0.4, -0.2) is 33.5 Å². The van der Waals surface area contributed by atoms with E-state index in [2.05, 4.69) is 5.32 Å². The maximum absolute atomic E-state index is 13.6. The Morgan fingerprint density at radius 2 is 1.64 bits per heavy atom. The number of amides is 3. The number of fused-ring (bicyclic) bond motifs is 1. The summed E-state index contributed by atoms with van der Waals surface area (Å²) in [7, 11) is 0. The molecule has 0 spiro atoms. The number of rotatable bonds is 5. The van der Waals surface area contributed by atoms with Crippen LogP contribution in [0.25, 0.3) is 5.57 Å². The molecule has 0 atom stereocenters. The Kier molecular flexibility index (Phi) is 6.42. The van der Waals surface area contributed by atoms with Crippen LogP contribution >= 0.6 is 24.0 Å². The highest BCUT2D eigenvalue weighted by molar-refractivity contribution is 8.26. The molecule has 6 nitrogen and oxygen atoms in total. The van der Waals surface area contributed by atoms with Crippen molar-refractivity contribution in [3.05, 3.63) is 100 Å². The number of carbonyl (C=O) groups is 3. The molecule has 1 N–H and O–H groups in total. The van der Waals surface area contributed by atoms with Gasteiger partial charge in [0, 0.05) is 11.3 Å². The Morgan fingerprint density at radius 3 is 2.39 bits per heavy atom. The van der Waals surface area contributed by atoms with E-state index < -0.39 is 11.8 Å². The van der Waals surface area contributed by atoms with E-state index in [0.717, 1.165) is 17.3 Å². The van der Waals surface area contributed by atoms with Gasteiger partial charge in [0.25, 0.3) is 11.8 Å². The van der Waals surface area contributed by atoms with E-state index in [0.29, 0.717) is 26.8 Å². The first-order valence-electron chi connectivity index (χ1n) is 11.1. The largest absolute Gasteiger partial charge is 0.324 e. The van der Waals surface area contributed by atoms with Crippen molar-refractivity contribution in [2.45, 2.75) is 13.5 Å². The molecule has 5 rings (SSSR count). The van der Waals surface area contributed by atoms with Crippen molar-refractivity contribution in [2.24, 2.45) is 0 Å². The number of nitrogens with one attached hydrogen (secondary N) is 1. The number of aryl methyl sites for hydroxylation is 1. The quantitative estimate of drug-likeness (QED) is 0.386. The summed E-state index contributed by atoms with van der Waals surface area (Å²) in [6.07, 6.45) is 0. The van der Waals surface area contributed by atoms with Gasteiger partial charge in [-0.15, -0.1) is 0 Å². The lowest BCUT2D eigenvalue weighted by atomic mass is 10.1.